The Labute approximate surface area is 162 Å². The smallest absolute Gasteiger partial charge is 0.253 e. The highest BCUT2D eigenvalue weighted by Gasteiger charge is 2.36. The molecule has 2 aromatic rings. The van der Waals surface area contributed by atoms with E-state index in [1.54, 1.807) is 0 Å². The number of fused-ring (bicyclic) bond motifs is 5. The van der Waals surface area contributed by atoms with Crippen LogP contribution in [0.5, 0.6) is 0 Å². The lowest BCUT2D eigenvalue weighted by atomic mass is 9.95. The molecule has 4 nitrogen and oxygen atoms in total. The van der Waals surface area contributed by atoms with E-state index in [1.807, 2.05) is 6.07 Å². The van der Waals surface area contributed by atoms with Crippen LogP contribution in [0, 0.1) is 19.8 Å². The summed E-state index contributed by atoms with van der Waals surface area (Å²) in [6.07, 6.45) is 4.77. The standard InChI is InChI=1S/C23H31N3O/c1-15(2)9-10-25-12-18-5-7-20(25)14-26(13-18)23(27)19-6-8-22-21(11-19)16(3)17(4)24-22/h6,8-9,11,18,20,24H,5,7,10,12-14H2,1-4H3/t18-,20-/m1/s1. The van der Waals surface area contributed by atoms with Gasteiger partial charge in [-0.15, -0.1) is 0 Å². The Bertz CT molecular complexity index is 890. The number of nitrogens with one attached hydrogen (secondary N) is 1. The molecule has 3 aliphatic heterocycles. The molecule has 3 fully saturated rings. The van der Waals surface area contributed by atoms with Crippen LogP contribution in [0.1, 0.15) is 48.3 Å². The summed E-state index contributed by atoms with van der Waals surface area (Å²) in [4.78, 5) is 21.4. The Morgan fingerprint density at radius 3 is 2.78 bits per heavy atom. The number of rotatable bonds is 3. The van der Waals surface area contributed by atoms with Crippen molar-refractivity contribution in [2.75, 3.05) is 26.2 Å². The van der Waals surface area contributed by atoms with E-state index >= 15 is 0 Å². The zero-order valence-corrected chi connectivity index (χ0v) is 17.0. The largest absolute Gasteiger partial charge is 0.358 e. The molecule has 4 heterocycles. The number of piperidine rings is 1. The summed E-state index contributed by atoms with van der Waals surface area (Å²) in [6, 6.07) is 6.59. The van der Waals surface area contributed by atoms with Gasteiger partial charge < -0.3 is 9.88 Å². The van der Waals surface area contributed by atoms with E-state index in [-0.39, 0.29) is 5.91 Å². The van der Waals surface area contributed by atoms with Gasteiger partial charge in [-0.25, -0.2) is 0 Å². The van der Waals surface area contributed by atoms with E-state index in [0.29, 0.717) is 12.0 Å². The molecule has 1 amide bonds. The summed E-state index contributed by atoms with van der Waals surface area (Å²) < 4.78 is 0. The third-order valence-corrected chi connectivity index (χ3v) is 6.40. The zero-order chi connectivity index (χ0) is 19.1. The second kappa shape index (κ2) is 7.16. The van der Waals surface area contributed by atoms with Crippen molar-refractivity contribution in [1.82, 2.24) is 14.8 Å². The van der Waals surface area contributed by atoms with Gasteiger partial charge in [0.05, 0.1) is 0 Å². The van der Waals surface area contributed by atoms with Gasteiger partial charge in [-0.05, 0) is 70.2 Å². The Kier molecular flexibility index (Phi) is 4.85. The first-order valence-electron chi connectivity index (χ1n) is 10.2. The fourth-order valence-electron chi connectivity index (χ4n) is 4.65. The maximum Gasteiger partial charge on any atom is 0.253 e. The second-order valence-corrected chi connectivity index (χ2v) is 8.68. The lowest BCUT2D eigenvalue weighted by molar-refractivity contribution is 0.0740. The molecule has 1 aromatic heterocycles. The van der Waals surface area contributed by atoms with Crippen molar-refractivity contribution in [3.05, 3.63) is 46.7 Å². The number of hydrogen-bond acceptors (Lipinski definition) is 2. The molecule has 3 saturated heterocycles. The molecule has 5 rings (SSSR count). The summed E-state index contributed by atoms with van der Waals surface area (Å²) >= 11 is 0. The quantitative estimate of drug-likeness (QED) is 0.824. The van der Waals surface area contributed by atoms with E-state index in [9.17, 15) is 4.79 Å². The number of H-pyrrole nitrogens is 1. The number of nitrogens with zero attached hydrogens (tertiary/aromatic N) is 2. The van der Waals surface area contributed by atoms with Crippen LogP contribution < -0.4 is 0 Å². The van der Waals surface area contributed by atoms with E-state index in [0.717, 1.165) is 37.3 Å². The maximum atomic E-state index is 13.3. The van der Waals surface area contributed by atoms with Crippen molar-refractivity contribution in [1.29, 1.82) is 0 Å². The first-order chi connectivity index (χ1) is 12.9. The van der Waals surface area contributed by atoms with Crippen molar-refractivity contribution in [2.24, 2.45) is 5.92 Å². The number of benzene rings is 1. The van der Waals surface area contributed by atoms with Crippen molar-refractivity contribution >= 4 is 16.8 Å². The summed E-state index contributed by atoms with van der Waals surface area (Å²) in [5.74, 6) is 0.786. The Morgan fingerprint density at radius 1 is 1.19 bits per heavy atom. The molecule has 0 radical (unpaired) electrons. The highest BCUT2D eigenvalue weighted by molar-refractivity contribution is 5.99. The fourth-order valence-corrected chi connectivity index (χ4v) is 4.65. The highest BCUT2D eigenvalue weighted by atomic mass is 16.2. The van der Waals surface area contributed by atoms with Crippen LogP contribution in [0.4, 0.5) is 0 Å². The lowest BCUT2D eigenvalue weighted by Crippen LogP contribution is -2.44. The van der Waals surface area contributed by atoms with Gasteiger partial charge >= 0.3 is 0 Å². The monoisotopic (exact) mass is 365 g/mol. The van der Waals surface area contributed by atoms with Crippen LogP contribution in [0.15, 0.2) is 29.8 Å². The molecule has 2 bridgehead atoms. The molecule has 1 N–H and O–H groups in total. The van der Waals surface area contributed by atoms with Gasteiger partial charge in [0, 0.05) is 54.4 Å². The maximum absolute atomic E-state index is 13.3. The minimum atomic E-state index is 0.191. The number of hydrogen-bond donors (Lipinski definition) is 1. The number of carbonyl (C=O) groups is 1. The summed E-state index contributed by atoms with van der Waals surface area (Å²) in [7, 11) is 0. The van der Waals surface area contributed by atoms with Gasteiger partial charge in [-0.1, -0.05) is 11.6 Å². The minimum Gasteiger partial charge on any atom is -0.358 e. The van der Waals surface area contributed by atoms with Gasteiger partial charge in [0.2, 0.25) is 0 Å². The molecule has 2 atom stereocenters. The van der Waals surface area contributed by atoms with Crippen LogP contribution in [0.3, 0.4) is 0 Å². The SMILES string of the molecule is CC(C)=CCN1C[C@H]2CC[C@@H]1CN(C(=O)c1ccc3[nH]c(C)c(C)c3c1)C2. The average molecular weight is 366 g/mol. The molecule has 3 aliphatic rings. The van der Waals surface area contributed by atoms with Gasteiger partial charge in [0.15, 0.2) is 0 Å². The Balaban J connectivity index is 1.56. The first-order valence-corrected chi connectivity index (χ1v) is 10.2. The molecule has 0 spiro atoms. The third-order valence-electron chi connectivity index (χ3n) is 6.40. The molecule has 144 valence electrons. The van der Waals surface area contributed by atoms with Crippen LogP contribution in [-0.4, -0.2) is 52.9 Å². The average Bonchev–Trinajstić information content (AvgIpc) is 2.83. The molecule has 1 aromatic carbocycles. The van der Waals surface area contributed by atoms with Crippen LogP contribution in [0.25, 0.3) is 10.9 Å². The van der Waals surface area contributed by atoms with Crippen molar-refractivity contribution in [3.63, 3.8) is 0 Å². The number of allylic oxidation sites excluding steroid dienone is 1. The second-order valence-electron chi connectivity index (χ2n) is 8.68. The van der Waals surface area contributed by atoms with E-state index in [4.69, 9.17) is 0 Å². The van der Waals surface area contributed by atoms with Gasteiger partial charge in [0.25, 0.3) is 5.91 Å². The lowest BCUT2D eigenvalue weighted by Gasteiger charge is -2.35. The van der Waals surface area contributed by atoms with E-state index in [2.05, 4.69) is 60.7 Å². The molecular weight excluding hydrogens is 334 g/mol. The van der Waals surface area contributed by atoms with E-state index in [1.165, 1.54) is 35.1 Å². The number of aromatic nitrogens is 1. The van der Waals surface area contributed by atoms with E-state index < -0.39 is 0 Å². The molecule has 0 unspecified atom stereocenters. The van der Waals surface area contributed by atoms with Gasteiger partial charge in [-0.3, -0.25) is 9.69 Å². The number of carbonyl (C=O) groups excluding carboxylic acids is 1. The summed E-state index contributed by atoms with van der Waals surface area (Å²) in [5, 5.41) is 1.17. The molecule has 27 heavy (non-hydrogen) atoms. The minimum absolute atomic E-state index is 0.191. The highest BCUT2D eigenvalue weighted by Crippen LogP contribution is 2.29. The number of amides is 1. The normalized spacial score (nSPS) is 22.9. The molecular formula is C23H31N3O. The molecule has 4 heteroatoms. The predicted molar refractivity (Wildman–Crippen MR) is 111 cm³/mol. The first kappa shape index (κ1) is 18.3. The van der Waals surface area contributed by atoms with Crippen LogP contribution in [-0.2, 0) is 0 Å². The van der Waals surface area contributed by atoms with Crippen molar-refractivity contribution in [3.8, 4) is 0 Å². The number of aryl methyl sites for hydroxylation is 2. The Morgan fingerprint density at radius 2 is 2.00 bits per heavy atom. The summed E-state index contributed by atoms with van der Waals surface area (Å²) in [6.45, 7) is 12.4. The van der Waals surface area contributed by atoms with Crippen molar-refractivity contribution in [2.45, 2.75) is 46.6 Å². The topological polar surface area (TPSA) is 39.3 Å². The van der Waals surface area contributed by atoms with Crippen LogP contribution in [0.2, 0.25) is 0 Å². The fraction of sp³-hybridized carbons (Fsp3) is 0.522. The number of aromatic amines is 1. The molecule has 0 saturated carbocycles. The third kappa shape index (κ3) is 3.55. The van der Waals surface area contributed by atoms with Crippen molar-refractivity contribution < 1.29 is 4.79 Å². The molecule has 0 aliphatic carbocycles. The van der Waals surface area contributed by atoms with Gasteiger partial charge in [-0.2, -0.15) is 0 Å². The zero-order valence-electron chi connectivity index (χ0n) is 17.0. The predicted octanol–water partition coefficient (Wildman–Crippen LogP) is 4.29. The van der Waals surface area contributed by atoms with Crippen LogP contribution >= 0.6 is 0 Å². The van der Waals surface area contributed by atoms with Gasteiger partial charge in [0.1, 0.15) is 0 Å². The Hall–Kier alpha value is -2.07. The summed E-state index contributed by atoms with van der Waals surface area (Å²) in [5.41, 5.74) is 5.72.